The average molecular weight is 374 g/mol. The van der Waals surface area contributed by atoms with Crippen LogP contribution in [0.15, 0.2) is 54.6 Å². The first-order valence-corrected chi connectivity index (χ1v) is 9.53. The van der Waals surface area contributed by atoms with E-state index >= 15 is 0 Å². The van der Waals surface area contributed by atoms with Crippen LogP contribution >= 0.6 is 0 Å². The van der Waals surface area contributed by atoms with Crippen molar-refractivity contribution in [3.63, 3.8) is 0 Å². The molecule has 142 valence electrons. The van der Waals surface area contributed by atoms with Crippen molar-refractivity contribution in [2.45, 2.75) is 19.8 Å². The predicted molar refractivity (Wildman–Crippen MR) is 107 cm³/mol. The third-order valence-electron chi connectivity index (χ3n) is 5.38. The second-order valence-corrected chi connectivity index (χ2v) is 7.25. The molecule has 4 rings (SSSR count). The van der Waals surface area contributed by atoms with Gasteiger partial charge in [-0.05, 0) is 36.6 Å². The summed E-state index contributed by atoms with van der Waals surface area (Å²) in [4.78, 5) is 40.6. The summed E-state index contributed by atoms with van der Waals surface area (Å²) in [5, 5.41) is 0. The van der Waals surface area contributed by atoms with Gasteiger partial charge in [0.25, 0.3) is 11.8 Å². The lowest BCUT2D eigenvalue weighted by Gasteiger charge is -2.27. The second kappa shape index (κ2) is 7.43. The molecular weight excluding hydrogens is 352 g/mol. The Kier molecular flexibility index (Phi) is 4.82. The maximum Gasteiger partial charge on any atom is 0.261 e. The van der Waals surface area contributed by atoms with Crippen molar-refractivity contribution in [2.75, 3.05) is 19.6 Å². The molecule has 0 atom stereocenters. The molecule has 5 nitrogen and oxygen atoms in total. The van der Waals surface area contributed by atoms with Crippen molar-refractivity contribution in [3.05, 3.63) is 76.9 Å². The Morgan fingerprint density at radius 3 is 2.46 bits per heavy atom. The third-order valence-corrected chi connectivity index (χ3v) is 5.38. The number of carbonyl (C=O) groups excluding carboxylic acids is 3. The number of aryl methyl sites for hydroxylation is 1. The van der Waals surface area contributed by atoms with Gasteiger partial charge in [0, 0.05) is 26.1 Å². The minimum absolute atomic E-state index is 0.0314. The van der Waals surface area contributed by atoms with Crippen LogP contribution in [-0.2, 0) is 4.79 Å². The number of hydrogen-bond donors (Lipinski definition) is 0. The van der Waals surface area contributed by atoms with Crippen molar-refractivity contribution < 1.29 is 14.4 Å². The largest absolute Gasteiger partial charge is 0.339 e. The molecule has 0 saturated heterocycles. The second-order valence-electron chi connectivity index (χ2n) is 7.25. The molecule has 0 fully saturated rings. The molecule has 2 aromatic carbocycles. The Morgan fingerprint density at radius 1 is 1.00 bits per heavy atom. The average Bonchev–Trinajstić information content (AvgIpc) is 2.96. The lowest BCUT2D eigenvalue weighted by molar-refractivity contribution is -0.130. The first-order chi connectivity index (χ1) is 13.5. The van der Waals surface area contributed by atoms with E-state index in [-0.39, 0.29) is 30.7 Å². The zero-order chi connectivity index (χ0) is 19.7. The fraction of sp³-hybridized carbons (Fsp3) is 0.261. The highest BCUT2D eigenvalue weighted by Gasteiger charge is 2.35. The van der Waals surface area contributed by atoms with Gasteiger partial charge in [-0.2, -0.15) is 0 Å². The van der Waals surface area contributed by atoms with Crippen LogP contribution < -0.4 is 0 Å². The molecule has 0 N–H and O–H groups in total. The predicted octanol–water partition coefficient (Wildman–Crippen LogP) is 3.30. The Labute approximate surface area is 164 Å². The molecule has 0 unspecified atom stereocenters. The standard InChI is InChI=1S/C23H22N2O3/c1-16-7-8-19-20(15-16)23(28)25(22(19)27)14-11-21(26)24-12-9-18(10-13-24)17-5-3-2-4-6-17/h2-9,15H,10-14H2,1H3. The van der Waals surface area contributed by atoms with Gasteiger partial charge in [0.2, 0.25) is 5.91 Å². The number of nitrogens with zero attached hydrogens (tertiary/aromatic N) is 2. The van der Waals surface area contributed by atoms with Gasteiger partial charge >= 0.3 is 0 Å². The van der Waals surface area contributed by atoms with E-state index in [0.717, 1.165) is 12.0 Å². The van der Waals surface area contributed by atoms with E-state index in [9.17, 15) is 14.4 Å². The Hall–Kier alpha value is -3.21. The molecule has 3 amide bonds. The van der Waals surface area contributed by atoms with Gasteiger partial charge in [0.15, 0.2) is 0 Å². The van der Waals surface area contributed by atoms with Crippen LogP contribution in [0, 0.1) is 6.92 Å². The molecule has 0 radical (unpaired) electrons. The Morgan fingerprint density at radius 2 is 1.75 bits per heavy atom. The summed E-state index contributed by atoms with van der Waals surface area (Å²) in [5.74, 6) is -0.643. The maximum absolute atomic E-state index is 12.6. The van der Waals surface area contributed by atoms with Crippen LogP contribution in [0.1, 0.15) is 44.7 Å². The van der Waals surface area contributed by atoms with E-state index in [2.05, 4.69) is 18.2 Å². The number of carbonyl (C=O) groups is 3. The fourth-order valence-electron chi connectivity index (χ4n) is 3.78. The van der Waals surface area contributed by atoms with E-state index in [1.165, 1.54) is 16.0 Å². The van der Waals surface area contributed by atoms with Crippen molar-refractivity contribution >= 4 is 23.3 Å². The van der Waals surface area contributed by atoms with E-state index < -0.39 is 0 Å². The molecule has 2 aliphatic rings. The van der Waals surface area contributed by atoms with Gasteiger partial charge in [-0.25, -0.2) is 0 Å². The van der Waals surface area contributed by atoms with Crippen LogP contribution in [0.25, 0.3) is 5.57 Å². The lowest BCUT2D eigenvalue weighted by atomic mass is 9.99. The maximum atomic E-state index is 12.6. The molecule has 0 aliphatic carbocycles. The van der Waals surface area contributed by atoms with E-state index in [1.54, 1.807) is 17.0 Å². The van der Waals surface area contributed by atoms with Gasteiger partial charge < -0.3 is 4.90 Å². The number of hydrogen-bond acceptors (Lipinski definition) is 3. The fourth-order valence-corrected chi connectivity index (χ4v) is 3.78. The van der Waals surface area contributed by atoms with Crippen molar-refractivity contribution in [1.29, 1.82) is 0 Å². The molecule has 0 saturated carbocycles. The number of imide groups is 1. The SMILES string of the molecule is Cc1ccc2c(c1)C(=O)N(CCC(=O)N1CC=C(c3ccccc3)CC1)C2=O. The van der Waals surface area contributed by atoms with Gasteiger partial charge in [-0.3, -0.25) is 19.3 Å². The molecule has 0 bridgehead atoms. The molecule has 0 spiro atoms. The monoisotopic (exact) mass is 374 g/mol. The summed E-state index contributed by atoms with van der Waals surface area (Å²) in [5.41, 5.74) is 4.24. The molecular formula is C23H22N2O3. The van der Waals surface area contributed by atoms with Crippen molar-refractivity contribution in [2.24, 2.45) is 0 Å². The number of fused-ring (bicyclic) bond motifs is 1. The summed E-state index contributed by atoms with van der Waals surface area (Å²) in [6.45, 7) is 3.22. The highest BCUT2D eigenvalue weighted by Crippen LogP contribution is 2.25. The van der Waals surface area contributed by atoms with E-state index in [4.69, 9.17) is 0 Å². The summed E-state index contributed by atoms with van der Waals surface area (Å²) in [6.07, 6.45) is 3.04. The zero-order valence-corrected chi connectivity index (χ0v) is 15.9. The quantitative estimate of drug-likeness (QED) is 0.772. The van der Waals surface area contributed by atoms with Crippen LogP contribution in [0.5, 0.6) is 0 Å². The van der Waals surface area contributed by atoms with E-state index in [0.29, 0.717) is 24.2 Å². The summed E-state index contributed by atoms with van der Waals surface area (Å²) in [6, 6.07) is 15.4. The van der Waals surface area contributed by atoms with Gasteiger partial charge in [-0.1, -0.05) is 48.0 Å². The van der Waals surface area contributed by atoms with Crippen molar-refractivity contribution in [3.8, 4) is 0 Å². The minimum Gasteiger partial charge on any atom is -0.339 e. The first kappa shape index (κ1) is 18.2. The highest BCUT2D eigenvalue weighted by molar-refractivity contribution is 6.21. The van der Waals surface area contributed by atoms with Crippen LogP contribution in [0.3, 0.4) is 0 Å². The molecule has 2 aliphatic heterocycles. The smallest absolute Gasteiger partial charge is 0.261 e. The lowest BCUT2D eigenvalue weighted by Crippen LogP contribution is -2.38. The number of benzene rings is 2. The minimum atomic E-state index is -0.308. The van der Waals surface area contributed by atoms with Crippen LogP contribution in [0.4, 0.5) is 0 Å². The number of rotatable bonds is 4. The molecule has 0 aromatic heterocycles. The van der Waals surface area contributed by atoms with Gasteiger partial charge in [-0.15, -0.1) is 0 Å². The Bertz CT molecular complexity index is 979. The van der Waals surface area contributed by atoms with Crippen LogP contribution in [-0.4, -0.2) is 47.2 Å². The summed E-state index contributed by atoms with van der Waals surface area (Å²) in [7, 11) is 0. The number of amides is 3. The third kappa shape index (κ3) is 3.36. The highest BCUT2D eigenvalue weighted by atomic mass is 16.2. The molecule has 2 heterocycles. The zero-order valence-electron chi connectivity index (χ0n) is 15.9. The van der Waals surface area contributed by atoms with Crippen molar-refractivity contribution in [1.82, 2.24) is 9.80 Å². The van der Waals surface area contributed by atoms with E-state index in [1.807, 2.05) is 31.2 Å². The normalized spacial score (nSPS) is 16.2. The molecule has 2 aromatic rings. The van der Waals surface area contributed by atoms with Crippen LogP contribution in [0.2, 0.25) is 0 Å². The topological polar surface area (TPSA) is 57.7 Å². The summed E-state index contributed by atoms with van der Waals surface area (Å²) < 4.78 is 0. The molecule has 5 heteroatoms. The first-order valence-electron chi connectivity index (χ1n) is 9.53. The van der Waals surface area contributed by atoms with Gasteiger partial charge in [0.1, 0.15) is 0 Å². The molecule has 28 heavy (non-hydrogen) atoms. The summed E-state index contributed by atoms with van der Waals surface area (Å²) >= 11 is 0. The van der Waals surface area contributed by atoms with Gasteiger partial charge in [0.05, 0.1) is 11.1 Å². The Balaban J connectivity index is 1.36.